The van der Waals surface area contributed by atoms with Crippen molar-refractivity contribution >= 4 is 22.8 Å². The Hall–Kier alpha value is -3.86. The number of rotatable bonds is 6. The number of nitrogens with zero attached hydrogens (tertiary/aromatic N) is 4. The topological polar surface area (TPSA) is 142 Å². The van der Waals surface area contributed by atoms with Crippen molar-refractivity contribution < 1.29 is 18.8 Å². The van der Waals surface area contributed by atoms with Gasteiger partial charge in [-0.3, -0.25) is 9.89 Å². The molecular weight excluding hydrogens is 477 g/mol. The number of hydrogen-bond acceptors (Lipinski definition) is 8. The standard InChI is InChI=1S/C26H30FN7O3/c1-26(2,3)25-31-23(34-37-25)24(36)29-13-15-5-4-14(12-19(15)27)18-10-11-28-21-20(18)22(33-32-21)30-16-6-8-17(35)9-7-16/h4-5,10-12,16-17,35H,6-9,13H2,1-3H3,(H,29,36)(H2,28,30,32,33). The smallest absolute Gasteiger partial charge is 0.292 e. The average molecular weight is 508 g/mol. The Balaban J connectivity index is 1.33. The molecule has 11 heteroatoms. The molecule has 0 atom stereocenters. The molecule has 1 fully saturated rings. The highest BCUT2D eigenvalue weighted by Gasteiger charge is 2.25. The van der Waals surface area contributed by atoms with Crippen LogP contribution in [0, 0.1) is 5.82 Å². The summed E-state index contributed by atoms with van der Waals surface area (Å²) in [5.41, 5.74) is 2.00. The number of amides is 1. The zero-order valence-electron chi connectivity index (χ0n) is 21.0. The van der Waals surface area contributed by atoms with Crippen LogP contribution in [0.5, 0.6) is 0 Å². The van der Waals surface area contributed by atoms with E-state index < -0.39 is 11.7 Å². The number of carbonyl (C=O) groups is 1. The van der Waals surface area contributed by atoms with Crippen LogP contribution in [0.15, 0.2) is 35.0 Å². The van der Waals surface area contributed by atoms with Gasteiger partial charge in [-0.1, -0.05) is 38.1 Å². The second-order valence-electron chi connectivity index (χ2n) is 10.5. The van der Waals surface area contributed by atoms with Gasteiger partial charge in [0.25, 0.3) is 11.7 Å². The molecule has 4 N–H and O–H groups in total. The molecule has 0 unspecified atom stereocenters. The molecule has 5 rings (SSSR count). The number of hydrogen-bond donors (Lipinski definition) is 4. The fourth-order valence-corrected chi connectivity index (χ4v) is 4.44. The Labute approximate surface area is 213 Å². The van der Waals surface area contributed by atoms with Gasteiger partial charge < -0.3 is 20.3 Å². The van der Waals surface area contributed by atoms with E-state index in [1.807, 2.05) is 26.8 Å². The van der Waals surface area contributed by atoms with Gasteiger partial charge in [-0.15, -0.1) is 0 Å². The third-order valence-corrected chi connectivity index (χ3v) is 6.57. The third kappa shape index (κ3) is 5.31. The Bertz CT molecular complexity index is 1420. The first kappa shape index (κ1) is 24.8. The van der Waals surface area contributed by atoms with E-state index in [2.05, 4.69) is 36.0 Å². The molecule has 4 aromatic rings. The van der Waals surface area contributed by atoms with Gasteiger partial charge in [0.15, 0.2) is 11.5 Å². The van der Waals surface area contributed by atoms with Crippen molar-refractivity contribution in [1.29, 1.82) is 0 Å². The van der Waals surface area contributed by atoms with Gasteiger partial charge in [-0.05, 0) is 48.9 Å². The first-order chi connectivity index (χ1) is 17.7. The van der Waals surface area contributed by atoms with Crippen molar-refractivity contribution in [2.24, 2.45) is 0 Å². The molecule has 3 aromatic heterocycles. The summed E-state index contributed by atoms with van der Waals surface area (Å²) in [7, 11) is 0. The maximum absolute atomic E-state index is 15.1. The molecule has 194 valence electrons. The van der Waals surface area contributed by atoms with E-state index >= 15 is 4.39 Å². The molecule has 1 amide bonds. The lowest BCUT2D eigenvalue weighted by Gasteiger charge is -2.26. The number of nitrogens with one attached hydrogen (secondary N) is 3. The molecule has 0 spiro atoms. The monoisotopic (exact) mass is 507 g/mol. The van der Waals surface area contributed by atoms with Crippen LogP contribution in [0.25, 0.3) is 22.2 Å². The second-order valence-corrected chi connectivity index (χ2v) is 10.5. The van der Waals surface area contributed by atoms with Crippen molar-refractivity contribution in [3.05, 3.63) is 53.6 Å². The number of carbonyl (C=O) groups excluding carboxylic acids is 1. The Morgan fingerprint density at radius 2 is 2.00 bits per heavy atom. The maximum Gasteiger partial charge on any atom is 0.292 e. The maximum atomic E-state index is 15.1. The van der Waals surface area contributed by atoms with Crippen LogP contribution in [-0.2, 0) is 12.0 Å². The van der Waals surface area contributed by atoms with E-state index in [-0.39, 0.29) is 29.9 Å². The summed E-state index contributed by atoms with van der Waals surface area (Å²) in [5, 5.41) is 27.8. The van der Waals surface area contributed by atoms with Gasteiger partial charge in [0.2, 0.25) is 5.89 Å². The molecule has 3 heterocycles. The lowest BCUT2D eigenvalue weighted by Crippen LogP contribution is -2.28. The number of halogens is 1. The van der Waals surface area contributed by atoms with Crippen molar-refractivity contribution in [1.82, 2.24) is 30.6 Å². The van der Waals surface area contributed by atoms with Gasteiger partial charge in [-0.25, -0.2) is 9.37 Å². The molecule has 1 aliphatic carbocycles. The number of anilines is 1. The summed E-state index contributed by atoms with van der Waals surface area (Å²) in [6, 6.07) is 6.91. The minimum Gasteiger partial charge on any atom is -0.393 e. The van der Waals surface area contributed by atoms with Crippen LogP contribution in [0.3, 0.4) is 0 Å². The van der Waals surface area contributed by atoms with Crippen LogP contribution in [-0.4, -0.2) is 48.5 Å². The molecular formula is C26H30FN7O3. The van der Waals surface area contributed by atoms with Crippen molar-refractivity contribution in [3.8, 4) is 11.1 Å². The van der Waals surface area contributed by atoms with Crippen LogP contribution < -0.4 is 10.6 Å². The van der Waals surface area contributed by atoms with Gasteiger partial charge in [-0.2, -0.15) is 10.1 Å². The highest BCUT2D eigenvalue weighted by Crippen LogP contribution is 2.34. The lowest BCUT2D eigenvalue weighted by atomic mass is 9.93. The van der Waals surface area contributed by atoms with E-state index in [1.165, 1.54) is 6.07 Å². The van der Waals surface area contributed by atoms with Crippen LogP contribution in [0.1, 0.15) is 68.5 Å². The summed E-state index contributed by atoms with van der Waals surface area (Å²) in [6.07, 6.45) is 4.60. The predicted octanol–water partition coefficient (Wildman–Crippen LogP) is 4.09. The van der Waals surface area contributed by atoms with Gasteiger partial charge in [0.1, 0.15) is 5.82 Å². The Morgan fingerprint density at radius 1 is 1.22 bits per heavy atom. The number of aromatic nitrogens is 5. The zero-order chi connectivity index (χ0) is 26.2. The SMILES string of the molecule is CC(C)(C)c1nc(C(=O)NCc2ccc(-c3ccnc4[nH]nc(NC5CCC(O)CC5)c34)cc2F)no1. The Kier molecular flexibility index (Phi) is 6.63. The van der Waals surface area contributed by atoms with Gasteiger partial charge >= 0.3 is 0 Å². The van der Waals surface area contributed by atoms with Crippen LogP contribution >= 0.6 is 0 Å². The summed E-state index contributed by atoms with van der Waals surface area (Å²) >= 11 is 0. The number of aromatic amines is 1. The molecule has 1 aliphatic rings. The predicted molar refractivity (Wildman–Crippen MR) is 135 cm³/mol. The summed E-state index contributed by atoms with van der Waals surface area (Å²) in [6.45, 7) is 5.68. The number of aliphatic hydroxyl groups is 1. The van der Waals surface area contributed by atoms with E-state index in [0.29, 0.717) is 28.5 Å². The molecule has 1 aromatic carbocycles. The second kappa shape index (κ2) is 9.89. The number of pyridine rings is 1. The number of fused-ring (bicyclic) bond motifs is 1. The fourth-order valence-electron chi connectivity index (χ4n) is 4.44. The summed E-state index contributed by atoms with van der Waals surface area (Å²) in [5.74, 6) is -0.0703. The summed E-state index contributed by atoms with van der Waals surface area (Å²) < 4.78 is 20.3. The minimum atomic E-state index is -0.539. The minimum absolute atomic E-state index is 0.0257. The molecule has 37 heavy (non-hydrogen) atoms. The highest BCUT2D eigenvalue weighted by atomic mass is 19.1. The van der Waals surface area contributed by atoms with Gasteiger partial charge in [0, 0.05) is 29.8 Å². The van der Waals surface area contributed by atoms with Crippen molar-refractivity contribution in [2.75, 3.05) is 5.32 Å². The molecule has 10 nitrogen and oxygen atoms in total. The van der Waals surface area contributed by atoms with Crippen LogP contribution in [0.2, 0.25) is 0 Å². The third-order valence-electron chi connectivity index (χ3n) is 6.57. The lowest BCUT2D eigenvalue weighted by molar-refractivity contribution is 0.0937. The normalized spacial score (nSPS) is 18.2. The van der Waals surface area contributed by atoms with E-state index in [1.54, 1.807) is 18.3 Å². The van der Waals surface area contributed by atoms with E-state index in [0.717, 1.165) is 36.6 Å². The number of H-pyrrole nitrogens is 1. The highest BCUT2D eigenvalue weighted by molar-refractivity contribution is 6.00. The number of aliphatic hydroxyl groups excluding tert-OH is 1. The first-order valence-electron chi connectivity index (χ1n) is 12.4. The number of benzene rings is 1. The largest absolute Gasteiger partial charge is 0.393 e. The van der Waals surface area contributed by atoms with Crippen LogP contribution in [0.4, 0.5) is 10.2 Å². The molecule has 0 saturated heterocycles. The molecule has 0 aliphatic heterocycles. The average Bonchev–Trinajstić information content (AvgIpc) is 3.53. The zero-order valence-corrected chi connectivity index (χ0v) is 21.0. The van der Waals surface area contributed by atoms with Crippen molar-refractivity contribution in [3.63, 3.8) is 0 Å². The molecule has 0 bridgehead atoms. The fraction of sp³-hybridized carbons (Fsp3) is 0.423. The van der Waals surface area contributed by atoms with Crippen molar-refractivity contribution in [2.45, 2.75) is 70.6 Å². The Morgan fingerprint density at radius 3 is 2.70 bits per heavy atom. The summed E-state index contributed by atoms with van der Waals surface area (Å²) in [4.78, 5) is 20.9. The van der Waals surface area contributed by atoms with Gasteiger partial charge in [0.05, 0.1) is 11.5 Å². The van der Waals surface area contributed by atoms with E-state index in [9.17, 15) is 9.90 Å². The quantitative estimate of drug-likeness (QED) is 0.306. The molecule has 0 radical (unpaired) electrons. The van der Waals surface area contributed by atoms with E-state index in [4.69, 9.17) is 4.52 Å². The first-order valence-corrected chi connectivity index (χ1v) is 12.4. The molecule has 1 saturated carbocycles.